The normalized spacial score (nSPS) is 39.8. The summed E-state index contributed by atoms with van der Waals surface area (Å²) < 4.78 is 12.8. The molecule has 3 heteroatoms. The van der Waals surface area contributed by atoms with E-state index in [4.69, 9.17) is 0 Å². The van der Waals surface area contributed by atoms with Gasteiger partial charge >= 0.3 is 0 Å². The first-order chi connectivity index (χ1) is 3.80. The second-order valence-electron chi connectivity index (χ2n) is 2.02. The maximum Gasteiger partial charge on any atom is 0.124 e. The molecule has 1 fully saturated rings. The van der Waals surface area contributed by atoms with E-state index in [-0.39, 0.29) is 3.92 Å². The number of hydrogen-bond acceptors (Lipinski definition) is 1. The summed E-state index contributed by atoms with van der Waals surface area (Å²) in [6.07, 6.45) is 0.353. The number of nitrogens with one attached hydrogen (secondary N) is 1. The summed E-state index contributed by atoms with van der Waals surface area (Å²) in [5, 5.41) is 2.99. The van der Waals surface area contributed by atoms with E-state index >= 15 is 0 Å². The summed E-state index contributed by atoms with van der Waals surface area (Å²) in [5.41, 5.74) is 0. The third-order valence-corrected chi connectivity index (χ3v) is 2.73. The van der Waals surface area contributed by atoms with Crippen molar-refractivity contribution >= 4 is 22.6 Å². The van der Waals surface area contributed by atoms with Crippen LogP contribution in [0.15, 0.2) is 0 Å². The fraction of sp³-hybridized carbons (Fsp3) is 1.00. The van der Waals surface area contributed by atoms with Gasteiger partial charge < -0.3 is 5.32 Å². The van der Waals surface area contributed by atoms with Gasteiger partial charge in [-0.3, -0.25) is 0 Å². The van der Waals surface area contributed by atoms with Crippen LogP contribution >= 0.6 is 22.6 Å². The van der Waals surface area contributed by atoms with E-state index in [0.29, 0.717) is 6.54 Å². The standard InChI is InChI=1S/C5H9FIN/c6-4-3-8-2-1-5(4)7/h4-5,8H,1-3H2/t4-,5+/m1/s1. The minimum Gasteiger partial charge on any atom is -0.314 e. The van der Waals surface area contributed by atoms with E-state index in [1.54, 1.807) is 0 Å². The highest BCUT2D eigenvalue weighted by Crippen LogP contribution is 2.15. The molecule has 0 bridgehead atoms. The van der Waals surface area contributed by atoms with Crippen molar-refractivity contribution in [2.24, 2.45) is 0 Å². The Balaban J connectivity index is 2.28. The third kappa shape index (κ3) is 1.55. The van der Waals surface area contributed by atoms with Crippen LogP contribution < -0.4 is 5.32 Å². The van der Waals surface area contributed by atoms with Crippen LogP contribution in [-0.2, 0) is 0 Å². The molecule has 0 unspecified atom stereocenters. The zero-order chi connectivity index (χ0) is 5.98. The second kappa shape index (κ2) is 2.96. The summed E-state index contributed by atoms with van der Waals surface area (Å²) in [4.78, 5) is 0. The molecule has 1 aliphatic rings. The van der Waals surface area contributed by atoms with Gasteiger partial charge in [0.1, 0.15) is 6.17 Å². The Labute approximate surface area is 62.2 Å². The van der Waals surface area contributed by atoms with Crippen molar-refractivity contribution in [3.05, 3.63) is 0 Å². The van der Waals surface area contributed by atoms with Crippen molar-refractivity contribution in [2.45, 2.75) is 16.5 Å². The Morgan fingerprint density at radius 3 is 2.75 bits per heavy atom. The predicted molar refractivity (Wildman–Crippen MR) is 40.2 cm³/mol. The highest BCUT2D eigenvalue weighted by atomic mass is 127. The third-order valence-electron chi connectivity index (χ3n) is 1.33. The SMILES string of the molecule is F[C@@H]1CNCC[C@@H]1I. The minimum absolute atomic E-state index is 0.244. The average Bonchev–Trinajstić information content (AvgIpc) is 1.77. The molecule has 1 rings (SSSR count). The fourth-order valence-electron chi connectivity index (χ4n) is 0.789. The summed E-state index contributed by atoms with van der Waals surface area (Å²) in [5.74, 6) is 0. The van der Waals surface area contributed by atoms with E-state index < -0.39 is 6.17 Å². The molecule has 0 saturated carbocycles. The van der Waals surface area contributed by atoms with Crippen molar-refractivity contribution in [3.63, 3.8) is 0 Å². The zero-order valence-electron chi connectivity index (χ0n) is 4.53. The lowest BCUT2D eigenvalue weighted by Crippen LogP contribution is -2.38. The highest BCUT2D eigenvalue weighted by Gasteiger charge is 2.20. The molecule has 0 spiro atoms. The van der Waals surface area contributed by atoms with E-state index in [1.807, 2.05) is 0 Å². The number of alkyl halides is 2. The lowest BCUT2D eigenvalue weighted by Gasteiger charge is -2.21. The summed E-state index contributed by atoms with van der Waals surface area (Å²) in [6, 6.07) is 0. The van der Waals surface area contributed by atoms with Crippen molar-refractivity contribution in [3.8, 4) is 0 Å². The van der Waals surface area contributed by atoms with Gasteiger partial charge in [-0.15, -0.1) is 0 Å². The van der Waals surface area contributed by atoms with Crippen molar-refractivity contribution in [1.82, 2.24) is 5.32 Å². The molecule has 0 radical (unpaired) electrons. The van der Waals surface area contributed by atoms with Gasteiger partial charge in [0.25, 0.3) is 0 Å². The largest absolute Gasteiger partial charge is 0.314 e. The quantitative estimate of drug-likeness (QED) is 0.484. The summed E-state index contributed by atoms with van der Waals surface area (Å²) >= 11 is 2.17. The molecule has 2 atom stereocenters. The van der Waals surface area contributed by atoms with Crippen LogP contribution in [0.5, 0.6) is 0 Å². The van der Waals surface area contributed by atoms with Gasteiger partial charge in [-0.1, -0.05) is 22.6 Å². The summed E-state index contributed by atoms with van der Waals surface area (Å²) in [6.45, 7) is 1.53. The summed E-state index contributed by atoms with van der Waals surface area (Å²) in [7, 11) is 0. The first-order valence-electron chi connectivity index (χ1n) is 2.79. The maximum absolute atomic E-state index is 12.5. The molecule has 0 aromatic heterocycles. The Hall–Kier alpha value is 0.620. The molecule has 0 aromatic carbocycles. The predicted octanol–water partition coefficient (Wildman–Crippen LogP) is 1.12. The zero-order valence-corrected chi connectivity index (χ0v) is 6.69. The van der Waals surface area contributed by atoms with E-state index in [1.165, 1.54) is 0 Å². The monoisotopic (exact) mass is 229 g/mol. The molecule has 0 aromatic rings. The lowest BCUT2D eigenvalue weighted by molar-refractivity contribution is 0.282. The molecule has 1 saturated heterocycles. The van der Waals surface area contributed by atoms with E-state index in [2.05, 4.69) is 27.9 Å². The Bertz CT molecular complexity index is 68.8. The molecule has 48 valence electrons. The van der Waals surface area contributed by atoms with Crippen molar-refractivity contribution < 1.29 is 4.39 Å². The average molecular weight is 229 g/mol. The van der Waals surface area contributed by atoms with Crippen molar-refractivity contribution in [1.29, 1.82) is 0 Å². The highest BCUT2D eigenvalue weighted by molar-refractivity contribution is 14.1. The molecular weight excluding hydrogens is 220 g/mol. The van der Waals surface area contributed by atoms with Crippen LogP contribution in [0, 0.1) is 0 Å². The van der Waals surface area contributed by atoms with Gasteiger partial charge in [-0.25, -0.2) is 4.39 Å². The Morgan fingerprint density at radius 1 is 1.62 bits per heavy atom. The van der Waals surface area contributed by atoms with E-state index in [9.17, 15) is 4.39 Å². The van der Waals surface area contributed by atoms with Crippen molar-refractivity contribution in [2.75, 3.05) is 13.1 Å². The van der Waals surface area contributed by atoms with Gasteiger partial charge in [0.2, 0.25) is 0 Å². The van der Waals surface area contributed by atoms with Crippen LogP contribution in [0.4, 0.5) is 4.39 Å². The molecule has 1 aliphatic heterocycles. The fourth-order valence-corrected chi connectivity index (χ4v) is 1.35. The minimum atomic E-state index is -0.621. The first-order valence-corrected chi connectivity index (χ1v) is 4.04. The molecule has 1 heterocycles. The molecule has 0 amide bonds. The van der Waals surface area contributed by atoms with Crippen LogP contribution in [0.25, 0.3) is 0 Å². The smallest absolute Gasteiger partial charge is 0.124 e. The Morgan fingerprint density at radius 2 is 2.38 bits per heavy atom. The maximum atomic E-state index is 12.5. The van der Waals surface area contributed by atoms with Crippen LogP contribution in [-0.4, -0.2) is 23.2 Å². The van der Waals surface area contributed by atoms with Gasteiger partial charge in [0.15, 0.2) is 0 Å². The van der Waals surface area contributed by atoms with Gasteiger partial charge in [-0.05, 0) is 13.0 Å². The van der Waals surface area contributed by atoms with Gasteiger partial charge in [-0.2, -0.15) is 0 Å². The number of halogens is 2. The number of rotatable bonds is 0. The van der Waals surface area contributed by atoms with E-state index in [0.717, 1.165) is 13.0 Å². The van der Waals surface area contributed by atoms with Crippen LogP contribution in [0.1, 0.15) is 6.42 Å². The lowest BCUT2D eigenvalue weighted by atomic mass is 10.1. The molecule has 8 heavy (non-hydrogen) atoms. The topological polar surface area (TPSA) is 12.0 Å². The first kappa shape index (κ1) is 6.74. The molecule has 0 aliphatic carbocycles. The van der Waals surface area contributed by atoms with Crippen LogP contribution in [0.2, 0.25) is 0 Å². The molecular formula is C5H9FIN. The molecule has 1 nitrogen and oxygen atoms in total. The number of hydrogen-bond donors (Lipinski definition) is 1. The number of piperidine rings is 1. The van der Waals surface area contributed by atoms with Gasteiger partial charge in [0, 0.05) is 10.5 Å². The Kier molecular flexibility index (Phi) is 2.49. The molecule has 1 N–H and O–H groups in total. The van der Waals surface area contributed by atoms with Gasteiger partial charge in [0.05, 0.1) is 0 Å². The second-order valence-corrected chi connectivity index (χ2v) is 3.62. The van der Waals surface area contributed by atoms with Crippen LogP contribution in [0.3, 0.4) is 0 Å².